The highest BCUT2D eigenvalue weighted by molar-refractivity contribution is 4.87. The molecule has 0 aromatic heterocycles. The normalized spacial score (nSPS) is 39.0. The number of ether oxygens (including phenoxy) is 1. The molecule has 1 rings (SSSR count). The van der Waals surface area contributed by atoms with Gasteiger partial charge in [-0.15, -0.1) is 0 Å². The minimum absolute atomic E-state index is 0.157. The standard InChI is InChI=1S/C14H28O/c1-6-11(4)12-9-10-14(5,8-3)15-13(12)7-2/h11-13H,6-10H2,1-5H3. The van der Waals surface area contributed by atoms with Crippen LogP contribution >= 0.6 is 0 Å². The third-order valence-corrected chi connectivity index (χ3v) is 4.45. The molecule has 0 bridgehead atoms. The second-order valence-electron chi connectivity index (χ2n) is 5.46. The van der Waals surface area contributed by atoms with E-state index < -0.39 is 0 Å². The SMILES string of the molecule is CCC(C)C1CCC(C)(CC)OC1CC. The fourth-order valence-electron chi connectivity index (χ4n) is 2.77. The number of hydrogen-bond acceptors (Lipinski definition) is 1. The van der Waals surface area contributed by atoms with E-state index in [2.05, 4.69) is 34.6 Å². The summed E-state index contributed by atoms with van der Waals surface area (Å²) in [6.07, 6.45) is 6.71. The maximum atomic E-state index is 6.31. The average molecular weight is 212 g/mol. The highest BCUT2D eigenvalue weighted by Crippen LogP contribution is 2.39. The second kappa shape index (κ2) is 5.34. The van der Waals surface area contributed by atoms with Crippen molar-refractivity contribution >= 4 is 0 Å². The van der Waals surface area contributed by atoms with Crippen LogP contribution in [0.5, 0.6) is 0 Å². The zero-order chi connectivity index (χ0) is 11.5. The van der Waals surface area contributed by atoms with Crippen LogP contribution in [-0.2, 0) is 4.74 Å². The predicted octanol–water partition coefficient (Wildman–Crippen LogP) is 4.41. The molecule has 0 aromatic rings. The van der Waals surface area contributed by atoms with Gasteiger partial charge in [-0.1, -0.05) is 34.1 Å². The van der Waals surface area contributed by atoms with Gasteiger partial charge in [0, 0.05) is 0 Å². The van der Waals surface area contributed by atoms with Gasteiger partial charge in [0.05, 0.1) is 11.7 Å². The van der Waals surface area contributed by atoms with E-state index >= 15 is 0 Å². The molecule has 0 aliphatic carbocycles. The molecule has 0 saturated carbocycles. The van der Waals surface area contributed by atoms with E-state index in [1.165, 1.54) is 25.7 Å². The lowest BCUT2D eigenvalue weighted by molar-refractivity contribution is -0.155. The molecule has 0 N–H and O–H groups in total. The molecule has 1 aliphatic rings. The van der Waals surface area contributed by atoms with Crippen LogP contribution in [0.15, 0.2) is 0 Å². The van der Waals surface area contributed by atoms with Crippen molar-refractivity contribution in [2.75, 3.05) is 0 Å². The Labute approximate surface area is 95.6 Å². The molecular weight excluding hydrogens is 184 g/mol. The molecule has 1 heteroatoms. The Hall–Kier alpha value is -0.0400. The molecule has 1 aliphatic heterocycles. The van der Waals surface area contributed by atoms with Gasteiger partial charge < -0.3 is 4.74 Å². The average Bonchev–Trinajstić information content (AvgIpc) is 2.28. The predicted molar refractivity (Wildman–Crippen MR) is 66.0 cm³/mol. The van der Waals surface area contributed by atoms with Crippen LogP contribution in [-0.4, -0.2) is 11.7 Å². The number of hydrogen-bond donors (Lipinski definition) is 0. The Bertz CT molecular complexity index is 190. The van der Waals surface area contributed by atoms with Gasteiger partial charge in [0.15, 0.2) is 0 Å². The Morgan fingerprint density at radius 1 is 1.33 bits per heavy atom. The molecule has 0 amide bonds. The maximum Gasteiger partial charge on any atom is 0.0656 e. The minimum atomic E-state index is 0.157. The Morgan fingerprint density at radius 2 is 2.00 bits per heavy atom. The molecule has 0 radical (unpaired) electrons. The van der Waals surface area contributed by atoms with Crippen LogP contribution in [0.1, 0.15) is 66.7 Å². The van der Waals surface area contributed by atoms with E-state index in [0.29, 0.717) is 6.10 Å². The van der Waals surface area contributed by atoms with Crippen molar-refractivity contribution in [3.05, 3.63) is 0 Å². The second-order valence-corrected chi connectivity index (χ2v) is 5.46. The van der Waals surface area contributed by atoms with Crippen LogP contribution in [0.3, 0.4) is 0 Å². The molecule has 90 valence electrons. The van der Waals surface area contributed by atoms with E-state index in [-0.39, 0.29) is 5.60 Å². The fourth-order valence-corrected chi connectivity index (χ4v) is 2.77. The van der Waals surface area contributed by atoms with Crippen LogP contribution in [0, 0.1) is 11.8 Å². The fraction of sp³-hybridized carbons (Fsp3) is 1.00. The van der Waals surface area contributed by atoms with Gasteiger partial charge in [0.1, 0.15) is 0 Å². The molecule has 1 fully saturated rings. The molecule has 4 unspecified atom stereocenters. The summed E-state index contributed by atoms with van der Waals surface area (Å²) in [5, 5.41) is 0. The van der Waals surface area contributed by atoms with E-state index in [4.69, 9.17) is 4.74 Å². The molecule has 15 heavy (non-hydrogen) atoms. The lowest BCUT2D eigenvalue weighted by atomic mass is 9.76. The summed E-state index contributed by atoms with van der Waals surface area (Å²) < 4.78 is 6.31. The molecule has 0 spiro atoms. The third-order valence-electron chi connectivity index (χ3n) is 4.45. The lowest BCUT2D eigenvalue weighted by Crippen LogP contribution is -2.44. The van der Waals surface area contributed by atoms with E-state index in [1.54, 1.807) is 0 Å². The summed E-state index contributed by atoms with van der Waals surface area (Å²) in [6, 6.07) is 0. The van der Waals surface area contributed by atoms with Crippen LogP contribution in [0.2, 0.25) is 0 Å². The Kier molecular flexibility index (Phi) is 4.64. The van der Waals surface area contributed by atoms with Crippen molar-refractivity contribution in [3.63, 3.8) is 0 Å². The quantitative estimate of drug-likeness (QED) is 0.671. The van der Waals surface area contributed by atoms with Crippen LogP contribution in [0.4, 0.5) is 0 Å². The van der Waals surface area contributed by atoms with Gasteiger partial charge >= 0.3 is 0 Å². The molecule has 0 aromatic carbocycles. The Morgan fingerprint density at radius 3 is 2.47 bits per heavy atom. The first-order chi connectivity index (χ1) is 7.06. The monoisotopic (exact) mass is 212 g/mol. The zero-order valence-electron chi connectivity index (χ0n) is 11.2. The highest BCUT2D eigenvalue weighted by atomic mass is 16.5. The van der Waals surface area contributed by atoms with Crippen molar-refractivity contribution in [2.45, 2.75) is 78.4 Å². The Balaban J connectivity index is 2.64. The van der Waals surface area contributed by atoms with Crippen molar-refractivity contribution in [1.29, 1.82) is 0 Å². The molecule has 1 heterocycles. The van der Waals surface area contributed by atoms with Gasteiger partial charge in [-0.05, 0) is 44.4 Å². The first-order valence-corrected chi connectivity index (χ1v) is 6.74. The van der Waals surface area contributed by atoms with E-state index in [9.17, 15) is 0 Å². The summed E-state index contributed by atoms with van der Waals surface area (Å²) in [7, 11) is 0. The topological polar surface area (TPSA) is 9.23 Å². The van der Waals surface area contributed by atoms with Crippen molar-refractivity contribution in [3.8, 4) is 0 Å². The van der Waals surface area contributed by atoms with E-state index in [0.717, 1.165) is 18.3 Å². The van der Waals surface area contributed by atoms with E-state index in [1.807, 2.05) is 0 Å². The summed E-state index contributed by atoms with van der Waals surface area (Å²) in [6.45, 7) is 11.5. The first kappa shape index (κ1) is 13.0. The van der Waals surface area contributed by atoms with Gasteiger partial charge in [0.2, 0.25) is 0 Å². The molecule has 4 atom stereocenters. The zero-order valence-corrected chi connectivity index (χ0v) is 11.2. The summed E-state index contributed by atoms with van der Waals surface area (Å²) in [5.74, 6) is 1.61. The lowest BCUT2D eigenvalue weighted by Gasteiger charge is -2.44. The minimum Gasteiger partial charge on any atom is -0.372 e. The first-order valence-electron chi connectivity index (χ1n) is 6.74. The van der Waals surface area contributed by atoms with Crippen molar-refractivity contribution in [1.82, 2.24) is 0 Å². The van der Waals surface area contributed by atoms with Crippen LogP contribution in [0.25, 0.3) is 0 Å². The molecule has 1 saturated heterocycles. The summed E-state index contributed by atoms with van der Waals surface area (Å²) in [5.41, 5.74) is 0.157. The summed E-state index contributed by atoms with van der Waals surface area (Å²) >= 11 is 0. The van der Waals surface area contributed by atoms with Gasteiger partial charge in [-0.25, -0.2) is 0 Å². The molecular formula is C14H28O. The maximum absolute atomic E-state index is 6.31. The largest absolute Gasteiger partial charge is 0.372 e. The van der Waals surface area contributed by atoms with Crippen LogP contribution < -0.4 is 0 Å². The third kappa shape index (κ3) is 2.96. The van der Waals surface area contributed by atoms with Crippen molar-refractivity contribution in [2.24, 2.45) is 11.8 Å². The highest BCUT2D eigenvalue weighted by Gasteiger charge is 2.38. The smallest absolute Gasteiger partial charge is 0.0656 e. The molecule has 1 nitrogen and oxygen atoms in total. The van der Waals surface area contributed by atoms with Gasteiger partial charge in [-0.2, -0.15) is 0 Å². The summed E-state index contributed by atoms with van der Waals surface area (Å²) in [4.78, 5) is 0. The van der Waals surface area contributed by atoms with Gasteiger partial charge in [0.25, 0.3) is 0 Å². The van der Waals surface area contributed by atoms with Gasteiger partial charge in [-0.3, -0.25) is 0 Å². The number of rotatable bonds is 4. The van der Waals surface area contributed by atoms with Crippen molar-refractivity contribution < 1.29 is 4.74 Å².